The van der Waals surface area contributed by atoms with E-state index >= 15 is 0 Å². The maximum Gasteiger partial charge on any atom is 0.323 e. The number of hydrogen-bond donors (Lipinski definition) is 2. The maximum atomic E-state index is 10.8. The van der Waals surface area contributed by atoms with Gasteiger partial charge in [-0.15, -0.1) is 0 Å². The SMILES string of the molecule is CCCN(CC)CCCC(C)(N)C(=O)O. The maximum absolute atomic E-state index is 10.8. The first-order valence-corrected chi connectivity index (χ1v) is 5.68. The molecular weight excluding hydrogens is 192 g/mol. The molecular formula is C11H24N2O2. The third-order valence-electron chi connectivity index (χ3n) is 2.65. The second-order valence-corrected chi connectivity index (χ2v) is 4.26. The van der Waals surface area contributed by atoms with Crippen molar-refractivity contribution in [1.29, 1.82) is 0 Å². The Labute approximate surface area is 92.4 Å². The Balaban J connectivity index is 3.81. The van der Waals surface area contributed by atoms with Crippen LogP contribution >= 0.6 is 0 Å². The first-order chi connectivity index (χ1) is 6.94. The molecule has 4 heteroatoms. The number of nitrogens with zero attached hydrogens (tertiary/aromatic N) is 1. The molecule has 0 rings (SSSR count). The molecule has 0 spiro atoms. The molecule has 0 aromatic carbocycles. The van der Waals surface area contributed by atoms with Gasteiger partial charge in [-0.1, -0.05) is 13.8 Å². The molecule has 0 bridgehead atoms. The van der Waals surface area contributed by atoms with Crippen LogP contribution in [0.25, 0.3) is 0 Å². The van der Waals surface area contributed by atoms with Crippen LogP contribution < -0.4 is 5.73 Å². The minimum atomic E-state index is -1.08. The molecule has 0 aromatic rings. The lowest BCUT2D eigenvalue weighted by Gasteiger charge is -2.23. The fourth-order valence-electron chi connectivity index (χ4n) is 1.52. The summed E-state index contributed by atoms with van der Waals surface area (Å²) >= 11 is 0. The number of hydrogen-bond acceptors (Lipinski definition) is 3. The summed E-state index contributed by atoms with van der Waals surface area (Å²) in [6, 6.07) is 0. The van der Waals surface area contributed by atoms with Crippen molar-refractivity contribution in [2.75, 3.05) is 19.6 Å². The van der Waals surface area contributed by atoms with Crippen molar-refractivity contribution < 1.29 is 9.90 Å². The highest BCUT2D eigenvalue weighted by atomic mass is 16.4. The highest BCUT2D eigenvalue weighted by Crippen LogP contribution is 2.09. The Morgan fingerprint density at radius 3 is 2.40 bits per heavy atom. The Kier molecular flexibility index (Phi) is 6.52. The van der Waals surface area contributed by atoms with Gasteiger partial charge in [-0.05, 0) is 45.8 Å². The van der Waals surface area contributed by atoms with Gasteiger partial charge in [0.05, 0.1) is 0 Å². The van der Waals surface area contributed by atoms with Gasteiger partial charge in [-0.2, -0.15) is 0 Å². The van der Waals surface area contributed by atoms with Crippen molar-refractivity contribution in [2.45, 2.75) is 45.6 Å². The normalized spacial score (nSPS) is 15.3. The van der Waals surface area contributed by atoms with Crippen LogP contribution in [-0.4, -0.2) is 41.1 Å². The molecule has 0 fully saturated rings. The molecule has 90 valence electrons. The van der Waals surface area contributed by atoms with Crippen LogP contribution in [0.15, 0.2) is 0 Å². The van der Waals surface area contributed by atoms with E-state index in [0.29, 0.717) is 6.42 Å². The van der Waals surface area contributed by atoms with Gasteiger partial charge in [0.15, 0.2) is 0 Å². The van der Waals surface area contributed by atoms with Crippen LogP contribution in [0, 0.1) is 0 Å². The molecule has 0 radical (unpaired) electrons. The molecule has 0 aliphatic rings. The first-order valence-electron chi connectivity index (χ1n) is 5.68. The van der Waals surface area contributed by atoms with Gasteiger partial charge < -0.3 is 15.7 Å². The predicted molar refractivity (Wildman–Crippen MR) is 61.9 cm³/mol. The van der Waals surface area contributed by atoms with E-state index in [0.717, 1.165) is 32.5 Å². The third kappa shape index (κ3) is 5.74. The Hall–Kier alpha value is -0.610. The highest BCUT2D eigenvalue weighted by Gasteiger charge is 2.26. The number of carboxylic acids is 1. The summed E-state index contributed by atoms with van der Waals surface area (Å²) in [6.45, 7) is 8.87. The van der Waals surface area contributed by atoms with Gasteiger partial charge in [0.2, 0.25) is 0 Å². The fraction of sp³-hybridized carbons (Fsp3) is 0.909. The topological polar surface area (TPSA) is 66.6 Å². The van der Waals surface area contributed by atoms with Crippen LogP contribution in [0.3, 0.4) is 0 Å². The number of carboxylic acid groups (broad SMARTS) is 1. The third-order valence-corrected chi connectivity index (χ3v) is 2.65. The van der Waals surface area contributed by atoms with Gasteiger partial charge in [0, 0.05) is 0 Å². The largest absolute Gasteiger partial charge is 0.480 e. The van der Waals surface area contributed by atoms with Gasteiger partial charge >= 0.3 is 5.97 Å². The van der Waals surface area contributed by atoms with Gasteiger partial charge in [-0.3, -0.25) is 4.79 Å². The minimum absolute atomic E-state index is 0.530. The summed E-state index contributed by atoms with van der Waals surface area (Å²) in [6.07, 6.45) is 2.50. The molecule has 0 amide bonds. The van der Waals surface area contributed by atoms with E-state index in [-0.39, 0.29) is 0 Å². The van der Waals surface area contributed by atoms with Crippen LogP contribution in [0.4, 0.5) is 0 Å². The molecule has 1 unspecified atom stereocenters. The van der Waals surface area contributed by atoms with Crippen molar-refractivity contribution in [3.63, 3.8) is 0 Å². The molecule has 4 nitrogen and oxygen atoms in total. The van der Waals surface area contributed by atoms with Crippen LogP contribution in [-0.2, 0) is 4.79 Å². The van der Waals surface area contributed by atoms with Crippen molar-refractivity contribution in [3.05, 3.63) is 0 Å². The second kappa shape index (κ2) is 6.80. The smallest absolute Gasteiger partial charge is 0.323 e. The first kappa shape index (κ1) is 14.4. The standard InChI is InChI=1S/C11H24N2O2/c1-4-8-13(5-2)9-6-7-11(3,12)10(14)15/h4-9,12H2,1-3H3,(H,14,15). The molecule has 0 heterocycles. The van der Waals surface area contributed by atoms with Gasteiger partial charge in [-0.25, -0.2) is 0 Å². The fourth-order valence-corrected chi connectivity index (χ4v) is 1.52. The Morgan fingerprint density at radius 1 is 1.40 bits per heavy atom. The van der Waals surface area contributed by atoms with Gasteiger partial charge in [0.25, 0.3) is 0 Å². The van der Waals surface area contributed by atoms with E-state index in [1.54, 1.807) is 6.92 Å². The number of aliphatic carboxylic acids is 1. The quantitative estimate of drug-likeness (QED) is 0.642. The molecule has 15 heavy (non-hydrogen) atoms. The van der Waals surface area contributed by atoms with E-state index in [1.165, 1.54) is 0 Å². The van der Waals surface area contributed by atoms with E-state index in [1.807, 2.05) is 0 Å². The van der Waals surface area contributed by atoms with Crippen molar-refractivity contribution in [2.24, 2.45) is 5.73 Å². The lowest BCUT2D eigenvalue weighted by Crippen LogP contribution is -2.45. The lowest BCUT2D eigenvalue weighted by molar-refractivity contribution is -0.142. The van der Waals surface area contributed by atoms with E-state index in [4.69, 9.17) is 10.8 Å². The van der Waals surface area contributed by atoms with Crippen molar-refractivity contribution in [1.82, 2.24) is 4.90 Å². The summed E-state index contributed by atoms with van der Waals surface area (Å²) in [5, 5.41) is 8.83. The predicted octanol–water partition coefficient (Wildman–Crippen LogP) is 1.30. The van der Waals surface area contributed by atoms with E-state index in [2.05, 4.69) is 18.7 Å². The monoisotopic (exact) mass is 216 g/mol. The van der Waals surface area contributed by atoms with E-state index in [9.17, 15) is 4.79 Å². The Morgan fingerprint density at radius 2 is 2.00 bits per heavy atom. The summed E-state index contributed by atoms with van der Waals surface area (Å²) in [5.41, 5.74) is 4.57. The average molecular weight is 216 g/mol. The van der Waals surface area contributed by atoms with Crippen LogP contribution in [0.1, 0.15) is 40.0 Å². The minimum Gasteiger partial charge on any atom is -0.480 e. The highest BCUT2D eigenvalue weighted by molar-refractivity contribution is 5.77. The molecule has 0 aliphatic heterocycles. The Bertz CT molecular complexity index is 193. The zero-order valence-electron chi connectivity index (χ0n) is 10.1. The number of carbonyl (C=O) groups is 1. The molecule has 0 saturated heterocycles. The number of rotatable bonds is 8. The molecule has 0 aromatic heterocycles. The summed E-state index contributed by atoms with van der Waals surface area (Å²) in [4.78, 5) is 13.1. The zero-order valence-corrected chi connectivity index (χ0v) is 10.1. The summed E-state index contributed by atoms with van der Waals surface area (Å²) < 4.78 is 0. The van der Waals surface area contributed by atoms with Crippen molar-refractivity contribution >= 4 is 5.97 Å². The second-order valence-electron chi connectivity index (χ2n) is 4.26. The van der Waals surface area contributed by atoms with E-state index < -0.39 is 11.5 Å². The number of nitrogens with two attached hydrogens (primary N) is 1. The molecule has 0 aliphatic carbocycles. The summed E-state index contributed by atoms with van der Waals surface area (Å²) in [5.74, 6) is -0.916. The van der Waals surface area contributed by atoms with Crippen LogP contribution in [0.5, 0.6) is 0 Å². The van der Waals surface area contributed by atoms with Gasteiger partial charge in [0.1, 0.15) is 5.54 Å². The molecule has 0 saturated carbocycles. The van der Waals surface area contributed by atoms with Crippen LogP contribution in [0.2, 0.25) is 0 Å². The molecule has 1 atom stereocenters. The zero-order chi connectivity index (χ0) is 11.9. The van der Waals surface area contributed by atoms with Crippen molar-refractivity contribution in [3.8, 4) is 0 Å². The summed E-state index contributed by atoms with van der Waals surface area (Å²) in [7, 11) is 0. The molecule has 3 N–H and O–H groups in total. The lowest BCUT2D eigenvalue weighted by atomic mass is 9.97. The average Bonchev–Trinajstić information content (AvgIpc) is 2.16.